The summed E-state index contributed by atoms with van der Waals surface area (Å²) in [4.78, 5) is 10.9. The molecular weight excluding hydrogens is 256 g/mol. The molecule has 19 heavy (non-hydrogen) atoms. The summed E-state index contributed by atoms with van der Waals surface area (Å²) in [6.45, 7) is 2.79. The molecule has 0 saturated heterocycles. The topological polar surface area (TPSA) is 41.1 Å². The van der Waals surface area contributed by atoms with Crippen LogP contribution in [0.5, 0.6) is 0 Å². The molecule has 0 saturated carbocycles. The van der Waals surface area contributed by atoms with Gasteiger partial charge in [-0.3, -0.25) is 4.98 Å². The first-order chi connectivity index (χ1) is 9.28. The molecule has 0 aliphatic rings. The van der Waals surface area contributed by atoms with Gasteiger partial charge in [-0.25, -0.2) is 4.98 Å². The van der Waals surface area contributed by atoms with E-state index in [0.29, 0.717) is 0 Å². The van der Waals surface area contributed by atoms with Crippen LogP contribution in [-0.4, -0.2) is 35.5 Å². The van der Waals surface area contributed by atoms with Gasteiger partial charge in [0.1, 0.15) is 5.01 Å². The lowest BCUT2D eigenvalue weighted by molar-refractivity contribution is 0.327. The molecule has 0 atom stereocenters. The Balaban J connectivity index is 1.78. The summed E-state index contributed by atoms with van der Waals surface area (Å²) in [6, 6.07) is 4.14. The highest BCUT2D eigenvalue weighted by Gasteiger charge is 2.05. The molecule has 2 rings (SSSR count). The van der Waals surface area contributed by atoms with Crippen LogP contribution in [0.4, 0.5) is 0 Å². The molecule has 2 aromatic heterocycles. The smallest absolute Gasteiger partial charge is 0.107 e. The van der Waals surface area contributed by atoms with Gasteiger partial charge in [0.25, 0.3) is 0 Å². The van der Waals surface area contributed by atoms with E-state index in [-0.39, 0.29) is 0 Å². The van der Waals surface area contributed by atoms with E-state index in [1.165, 1.54) is 5.56 Å². The van der Waals surface area contributed by atoms with Gasteiger partial charge in [0.2, 0.25) is 0 Å². The fourth-order valence-electron chi connectivity index (χ4n) is 1.88. The molecule has 0 unspecified atom stereocenters. The minimum atomic E-state index is 0.853. The molecule has 0 bridgehead atoms. The second kappa shape index (κ2) is 7.33. The van der Waals surface area contributed by atoms with E-state index in [1.54, 1.807) is 11.3 Å². The van der Waals surface area contributed by atoms with Gasteiger partial charge in [-0.2, -0.15) is 0 Å². The third-order valence-corrected chi connectivity index (χ3v) is 3.79. The van der Waals surface area contributed by atoms with Gasteiger partial charge in [0.15, 0.2) is 0 Å². The number of hydrogen-bond acceptors (Lipinski definition) is 5. The highest BCUT2D eigenvalue weighted by molar-refractivity contribution is 7.09. The predicted octanol–water partition coefficient (Wildman–Crippen LogP) is 1.93. The molecule has 5 heteroatoms. The van der Waals surface area contributed by atoms with Crippen molar-refractivity contribution in [3.8, 4) is 0 Å². The van der Waals surface area contributed by atoms with Crippen LogP contribution in [0.3, 0.4) is 0 Å². The first kappa shape index (κ1) is 14.1. The van der Waals surface area contributed by atoms with E-state index in [2.05, 4.69) is 44.7 Å². The first-order valence-electron chi connectivity index (χ1n) is 6.43. The number of pyridine rings is 1. The molecule has 4 nitrogen and oxygen atoms in total. The number of thiazole rings is 1. The number of nitrogens with zero attached hydrogens (tertiary/aromatic N) is 3. The van der Waals surface area contributed by atoms with Crippen molar-refractivity contribution in [3.05, 3.63) is 46.2 Å². The Kier molecular flexibility index (Phi) is 5.44. The molecule has 0 amide bonds. The average molecular weight is 276 g/mol. The number of hydrogen-bond donors (Lipinski definition) is 1. The standard InChI is InChI=1S/C14H20N4S/c1-15-9-14-17-13(11-19-14)10-18(2)8-5-12-3-6-16-7-4-12/h3-4,6-7,11,15H,5,8-10H2,1-2H3. The summed E-state index contributed by atoms with van der Waals surface area (Å²) in [5.41, 5.74) is 2.49. The minimum Gasteiger partial charge on any atom is -0.314 e. The van der Waals surface area contributed by atoms with Gasteiger partial charge in [-0.05, 0) is 38.2 Å². The van der Waals surface area contributed by atoms with Crippen LogP contribution < -0.4 is 5.32 Å². The Morgan fingerprint density at radius 2 is 2.11 bits per heavy atom. The fraction of sp³-hybridized carbons (Fsp3) is 0.429. The maximum Gasteiger partial charge on any atom is 0.107 e. The number of nitrogens with one attached hydrogen (secondary N) is 1. The fourth-order valence-corrected chi connectivity index (χ4v) is 2.68. The van der Waals surface area contributed by atoms with E-state index in [4.69, 9.17) is 0 Å². The molecule has 1 N–H and O–H groups in total. The molecule has 2 heterocycles. The highest BCUT2D eigenvalue weighted by atomic mass is 32.1. The van der Waals surface area contributed by atoms with Gasteiger partial charge in [0, 0.05) is 37.4 Å². The van der Waals surface area contributed by atoms with Crippen LogP contribution in [0.25, 0.3) is 0 Å². The SMILES string of the molecule is CNCc1nc(CN(C)CCc2ccncc2)cs1. The second-order valence-electron chi connectivity index (χ2n) is 4.61. The zero-order chi connectivity index (χ0) is 13.5. The van der Waals surface area contributed by atoms with E-state index in [0.717, 1.165) is 36.8 Å². The Morgan fingerprint density at radius 1 is 1.32 bits per heavy atom. The number of aromatic nitrogens is 2. The summed E-state index contributed by atoms with van der Waals surface area (Å²) < 4.78 is 0. The van der Waals surface area contributed by atoms with Crippen molar-refractivity contribution in [3.63, 3.8) is 0 Å². The van der Waals surface area contributed by atoms with Gasteiger partial charge >= 0.3 is 0 Å². The zero-order valence-corrected chi connectivity index (χ0v) is 12.3. The monoisotopic (exact) mass is 276 g/mol. The summed E-state index contributed by atoms with van der Waals surface area (Å²) in [6.07, 6.45) is 4.74. The van der Waals surface area contributed by atoms with Crippen molar-refractivity contribution >= 4 is 11.3 Å². The lowest BCUT2D eigenvalue weighted by Crippen LogP contribution is -2.21. The van der Waals surface area contributed by atoms with E-state index in [9.17, 15) is 0 Å². The van der Waals surface area contributed by atoms with Crippen LogP contribution in [-0.2, 0) is 19.5 Å². The molecule has 2 aromatic rings. The molecule has 102 valence electrons. The third-order valence-electron chi connectivity index (χ3n) is 2.89. The predicted molar refractivity (Wildman–Crippen MR) is 79.2 cm³/mol. The maximum absolute atomic E-state index is 4.60. The number of likely N-dealkylation sites (N-methyl/N-ethyl adjacent to an activating group) is 1. The van der Waals surface area contributed by atoms with Crippen LogP contribution in [0.1, 0.15) is 16.3 Å². The van der Waals surface area contributed by atoms with Crippen LogP contribution >= 0.6 is 11.3 Å². The van der Waals surface area contributed by atoms with Crippen LogP contribution in [0.2, 0.25) is 0 Å². The zero-order valence-electron chi connectivity index (χ0n) is 11.5. The molecule has 0 aromatic carbocycles. The van der Waals surface area contributed by atoms with Crippen molar-refractivity contribution in [1.29, 1.82) is 0 Å². The van der Waals surface area contributed by atoms with Gasteiger partial charge < -0.3 is 10.2 Å². The molecule has 0 aliphatic heterocycles. The van der Waals surface area contributed by atoms with E-state index >= 15 is 0 Å². The average Bonchev–Trinajstić information content (AvgIpc) is 2.85. The Morgan fingerprint density at radius 3 is 2.84 bits per heavy atom. The summed E-state index contributed by atoms with van der Waals surface area (Å²) >= 11 is 1.72. The summed E-state index contributed by atoms with van der Waals surface area (Å²) in [5.74, 6) is 0. The van der Waals surface area contributed by atoms with E-state index in [1.807, 2.05) is 19.4 Å². The summed E-state index contributed by atoms with van der Waals surface area (Å²) in [5, 5.41) is 6.43. The van der Waals surface area contributed by atoms with Crippen molar-refractivity contribution < 1.29 is 0 Å². The van der Waals surface area contributed by atoms with Crippen molar-refractivity contribution in [2.75, 3.05) is 20.6 Å². The van der Waals surface area contributed by atoms with Crippen molar-refractivity contribution in [1.82, 2.24) is 20.2 Å². The number of rotatable bonds is 7. The lowest BCUT2D eigenvalue weighted by atomic mass is 10.2. The highest BCUT2D eigenvalue weighted by Crippen LogP contribution is 2.11. The molecule has 0 aliphatic carbocycles. The molecular formula is C14H20N4S. The van der Waals surface area contributed by atoms with Crippen LogP contribution in [0.15, 0.2) is 29.9 Å². The first-order valence-corrected chi connectivity index (χ1v) is 7.31. The van der Waals surface area contributed by atoms with E-state index < -0.39 is 0 Å². The molecule has 0 spiro atoms. The summed E-state index contributed by atoms with van der Waals surface area (Å²) in [7, 11) is 4.08. The lowest BCUT2D eigenvalue weighted by Gasteiger charge is -2.14. The molecule has 0 fully saturated rings. The Bertz CT molecular complexity index is 483. The molecule has 0 radical (unpaired) electrons. The normalized spacial score (nSPS) is 11.1. The third kappa shape index (κ3) is 4.70. The largest absolute Gasteiger partial charge is 0.314 e. The van der Waals surface area contributed by atoms with Gasteiger partial charge in [0.05, 0.1) is 5.69 Å². The van der Waals surface area contributed by atoms with Crippen LogP contribution in [0, 0.1) is 0 Å². The maximum atomic E-state index is 4.60. The second-order valence-corrected chi connectivity index (χ2v) is 5.55. The quantitative estimate of drug-likeness (QED) is 0.839. The van der Waals surface area contributed by atoms with Crippen molar-refractivity contribution in [2.24, 2.45) is 0 Å². The Hall–Kier alpha value is -1.30. The van der Waals surface area contributed by atoms with Crippen molar-refractivity contribution in [2.45, 2.75) is 19.5 Å². The minimum absolute atomic E-state index is 0.853. The van der Waals surface area contributed by atoms with Gasteiger partial charge in [-0.15, -0.1) is 11.3 Å². The Labute approximate surface area is 118 Å². The van der Waals surface area contributed by atoms with Gasteiger partial charge in [-0.1, -0.05) is 0 Å².